The van der Waals surface area contributed by atoms with E-state index in [-0.39, 0.29) is 11.6 Å². The lowest BCUT2D eigenvalue weighted by atomic mass is 10.1. The minimum absolute atomic E-state index is 0.267. The van der Waals surface area contributed by atoms with E-state index in [4.69, 9.17) is 4.99 Å². The predicted molar refractivity (Wildman–Crippen MR) is 111 cm³/mol. The van der Waals surface area contributed by atoms with Crippen LogP contribution in [0, 0.1) is 0 Å². The molecule has 1 heterocycles. The number of nitrogens with zero attached hydrogens (tertiary/aromatic N) is 4. The van der Waals surface area contributed by atoms with Crippen LogP contribution >= 0.6 is 0 Å². The lowest BCUT2D eigenvalue weighted by Gasteiger charge is -2.19. The molecule has 0 atom stereocenters. The lowest BCUT2D eigenvalue weighted by Crippen LogP contribution is -2.34. The van der Waals surface area contributed by atoms with E-state index >= 15 is 0 Å². The van der Waals surface area contributed by atoms with E-state index in [0.29, 0.717) is 5.84 Å². The molecular weight excluding hydrogens is 348 g/mol. The van der Waals surface area contributed by atoms with Gasteiger partial charge in [-0.25, -0.2) is 9.98 Å². The van der Waals surface area contributed by atoms with Gasteiger partial charge in [0, 0.05) is 25.0 Å². The molecule has 0 saturated carbocycles. The summed E-state index contributed by atoms with van der Waals surface area (Å²) in [5.41, 5.74) is 1.89. The summed E-state index contributed by atoms with van der Waals surface area (Å²) in [7, 11) is 1.70. The van der Waals surface area contributed by atoms with Gasteiger partial charge >= 0.3 is 0 Å². The predicted octanol–water partition coefficient (Wildman–Crippen LogP) is 4.48. The van der Waals surface area contributed by atoms with Gasteiger partial charge in [-0.2, -0.15) is 0 Å². The summed E-state index contributed by atoms with van der Waals surface area (Å²) < 4.78 is 0. The van der Waals surface area contributed by atoms with Crippen LogP contribution in [0.15, 0.2) is 96.4 Å². The van der Waals surface area contributed by atoms with Crippen molar-refractivity contribution >= 4 is 28.2 Å². The van der Waals surface area contributed by atoms with Gasteiger partial charge in [0.05, 0.1) is 11.9 Å². The molecule has 4 aromatic rings. The van der Waals surface area contributed by atoms with Crippen LogP contribution in [0.2, 0.25) is 0 Å². The molecule has 136 valence electrons. The number of carbonyl (C=O) groups excluding carboxylic acids is 1. The Kier molecular flexibility index (Phi) is 4.89. The second-order valence-electron chi connectivity index (χ2n) is 6.29. The van der Waals surface area contributed by atoms with E-state index in [0.717, 1.165) is 22.0 Å². The van der Waals surface area contributed by atoms with Crippen molar-refractivity contribution in [1.82, 2.24) is 14.9 Å². The number of aromatic nitrogens is 2. The topological polar surface area (TPSA) is 58.5 Å². The van der Waals surface area contributed by atoms with E-state index in [9.17, 15) is 4.79 Å². The second-order valence-corrected chi connectivity index (χ2v) is 6.29. The van der Waals surface area contributed by atoms with Crippen LogP contribution < -0.4 is 0 Å². The number of hydrogen-bond donors (Lipinski definition) is 0. The van der Waals surface area contributed by atoms with Crippen molar-refractivity contribution in [1.29, 1.82) is 0 Å². The summed E-state index contributed by atoms with van der Waals surface area (Å²) in [5.74, 6) is 0.281. The molecule has 0 unspecified atom stereocenters. The van der Waals surface area contributed by atoms with Gasteiger partial charge in [-0.3, -0.25) is 14.7 Å². The van der Waals surface area contributed by atoms with Gasteiger partial charge in [0.1, 0.15) is 11.5 Å². The first-order chi connectivity index (χ1) is 13.7. The number of aliphatic imine (C=N–C) groups is 1. The Hall–Kier alpha value is -3.86. The third-order valence-corrected chi connectivity index (χ3v) is 4.40. The van der Waals surface area contributed by atoms with Crippen molar-refractivity contribution in [2.75, 3.05) is 7.05 Å². The normalized spacial score (nSPS) is 11.4. The molecule has 0 aliphatic carbocycles. The number of rotatable bonds is 3. The summed E-state index contributed by atoms with van der Waals surface area (Å²) >= 11 is 0. The zero-order chi connectivity index (χ0) is 19.3. The average Bonchev–Trinajstić information content (AvgIpc) is 2.77. The van der Waals surface area contributed by atoms with Gasteiger partial charge in [0.15, 0.2) is 0 Å². The molecule has 0 aliphatic rings. The van der Waals surface area contributed by atoms with Crippen LogP contribution in [0.4, 0.5) is 5.69 Å². The van der Waals surface area contributed by atoms with E-state index in [1.165, 1.54) is 23.5 Å². The maximum atomic E-state index is 12.9. The van der Waals surface area contributed by atoms with Gasteiger partial charge in [-0.05, 0) is 22.9 Å². The molecule has 0 radical (unpaired) electrons. The van der Waals surface area contributed by atoms with Crippen molar-refractivity contribution in [2.45, 2.75) is 0 Å². The molecule has 0 N–H and O–H groups in total. The standard InChI is InChI=1S/C23H18N4O/c1-27(23(28)21-16-24-13-14-25-21)22(18-8-3-2-4-9-18)26-20-12-11-17-7-5-6-10-19(17)15-20/h2-16H,1H3. The Morgan fingerprint density at radius 1 is 0.893 bits per heavy atom. The van der Waals surface area contributed by atoms with E-state index in [1.54, 1.807) is 7.05 Å². The molecule has 0 saturated heterocycles. The highest BCUT2D eigenvalue weighted by Crippen LogP contribution is 2.22. The monoisotopic (exact) mass is 366 g/mol. The molecule has 4 rings (SSSR count). The number of amidine groups is 1. The zero-order valence-corrected chi connectivity index (χ0v) is 15.4. The molecule has 3 aromatic carbocycles. The summed E-state index contributed by atoms with van der Waals surface area (Å²) in [6.07, 6.45) is 4.50. The molecule has 1 aromatic heterocycles. The van der Waals surface area contributed by atoms with Crippen LogP contribution in [0.25, 0.3) is 10.8 Å². The highest BCUT2D eigenvalue weighted by atomic mass is 16.2. The number of carbonyl (C=O) groups is 1. The fourth-order valence-corrected chi connectivity index (χ4v) is 2.97. The van der Waals surface area contributed by atoms with Gasteiger partial charge in [0.2, 0.25) is 0 Å². The maximum Gasteiger partial charge on any atom is 0.279 e. The van der Waals surface area contributed by atoms with Gasteiger partial charge in [-0.1, -0.05) is 60.7 Å². The van der Waals surface area contributed by atoms with Gasteiger partial charge in [-0.15, -0.1) is 0 Å². The van der Waals surface area contributed by atoms with Crippen LogP contribution in [0.3, 0.4) is 0 Å². The van der Waals surface area contributed by atoms with Crippen molar-refractivity contribution < 1.29 is 4.79 Å². The Labute approximate surface area is 163 Å². The molecule has 0 spiro atoms. The molecule has 5 heteroatoms. The molecule has 5 nitrogen and oxygen atoms in total. The van der Waals surface area contributed by atoms with Gasteiger partial charge in [0.25, 0.3) is 5.91 Å². The molecule has 0 fully saturated rings. The quantitative estimate of drug-likeness (QED) is 0.397. The first kappa shape index (κ1) is 17.5. The smallest absolute Gasteiger partial charge is 0.279 e. The molecular formula is C23H18N4O. The number of benzene rings is 3. The first-order valence-corrected chi connectivity index (χ1v) is 8.89. The van der Waals surface area contributed by atoms with Gasteiger partial charge < -0.3 is 0 Å². The lowest BCUT2D eigenvalue weighted by molar-refractivity contribution is 0.0865. The second kappa shape index (κ2) is 7.80. The minimum Gasteiger partial charge on any atom is -0.294 e. The van der Waals surface area contributed by atoms with Crippen LogP contribution in [0.5, 0.6) is 0 Å². The summed E-state index contributed by atoms with van der Waals surface area (Å²) in [4.78, 5) is 27.3. The zero-order valence-electron chi connectivity index (χ0n) is 15.4. The van der Waals surface area contributed by atoms with Crippen LogP contribution in [0.1, 0.15) is 16.1 Å². The SMILES string of the molecule is CN(C(=O)c1cnccn1)C(=Nc1ccc2ccccc2c1)c1ccccc1. The number of amides is 1. The Balaban J connectivity index is 1.79. The van der Waals surface area contributed by atoms with Crippen molar-refractivity contribution in [2.24, 2.45) is 4.99 Å². The number of hydrogen-bond acceptors (Lipinski definition) is 4. The van der Waals surface area contributed by atoms with Crippen molar-refractivity contribution in [3.63, 3.8) is 0 Å². The third kappa shape index (κ3) is 3.64. The third-order valence-electron chi connectivity index (χ3n) is 4.40. The highest BCUT2D eigenvalue weighted by Gasteiger charge is 2.20. The average molecular weight is 366 g/mol. The van der Waals surface area contributed by atoms with Crippen LogP contribution in [-0.2, 0) is 0 Å². The Morgan fingerprint density at radius 2 is 1.64 bits per heavy atom. The van der Waals surface area contributed by atoms with E-state index in [1.807, 2.05) is 66.7 Å². The highest BCUT2D eigenvalue weighted by molar-refractivity contribution is 6.12. The number of fused-ring (bicyclic) bond motifs is 1. The Morgan fingerprint density at radius 3 is 2.39 bits per heavy atom. The molecule has 1 amide bonds. The summed E-state index contributed by atoms with van der Waals surface area (Å²) in [5, 5.41) is 2.24. The molecule has 28 heavy (non-hydrogen) atoms. The van der Waals surface area contributed by atoms with E-state index in [2.05, 4.69) is 16.0 Å². The fourth-order valence-electron chi connectivity index (χ4n) is 2.97. The molecule has 0 aliphatic heterocycles. The maximum absolute atomic E-state index is 12.9. The summed E-state index contributed by atoms with van der Waals surface area (Å²) in [6, 6.07) is 23.7. The minimum atomic E-state index is -0.267. The summed E-state index contributed by atoms with van der Waals surface area (Å²) in [6.45, 7) is 0. The van der Waals surface area contributed by atoms with Crippen LogP contribution in [-0.4, -0.2) is 33.7 Å². The van der Waals surface area contributed by atoms with Crippen molar-refractivity contribution in [3.8, 4) is 0 Å². The largest absolute Gasteiger partial charge is 0.294 e. The first-order valence-electron chi connectivity index (χ1n) is 8.89. The fraction of sp³-hybridized carbons (Fsp3) is 0.0435. The van der Waals surface area contributed by atoms with E-state index < -0.39 is 0 Å². The van der Waals surface area contributed by atoms with Crippen molar-refractivity contribution in [3.05, 3.63) is 103 Å². The Bertz CT molecular complexity index is 1140. The molecule has 0 bridgehead atoms.